The fourth-order valence-corrected chi connectivity index (χ4v) is 2.44. The van der Waals surface area contributed by atoms with E-state index >= 15 is 0 Å². The van der Waals surface area contributed by atoms with Gasteiger partial charge in [0.1, 0.15) is 17.1 Å². The van der Waals surface area contributed by atoms with Gasteiger partial charge >= 0.3 is 5.97 Å². The van der Waals surface area contributed by atoms with E-state index in [2.05, 4.69) is 10.3 Å². The normalized spacial score (nSPS) is 11.4. The lowest BCUT2D eigenvalue weighted by atomic mass is 10.2. The van der Waals surface area contributed by atoms with Crippen LogP contribution >= 0.6 is 11.6 Å². The van der Waals surface area contributed by atoms with Crippen molar-refractivity contribution in [3.05, 3.63) is 83.6 Å². The molecule has 0 aliphatic carbocycles. The molecular weight excluding hydrogens is 380 g/mol. The van der Waals surface area contributed by atoms with Gasteiger partial charge < -0.3 is 14.8 Å². The lowest BCUT2D eigenvalue weighted by Gasteiger charge is -2.15. The molecule has 3 rings (SSSR count). The molecule has 28 heavy (non-hydrogen) atoms. The second-order valence-electron chi connectivity index (χ2n) is 5.83. The summed E-state index contributed by atoms with van der Waals surface area (Å²) < 4.78 is 11.0. The van der Waals surface area contributed by atoms with Gasteiger partial charge in [0, 0.05) is 16.9 Å². The Morgan fingerprint density at radius 1 is 1.04 bits per heavy atom. The van der Waals surface area contributed by atoms with Crippen LogP contribution in [0.15, 0.2) is 73.1 Å². The molecule has 0 fully saturated rings. The van der Waals surface area contributed by atoms with Crippen LogP contribution in [0.1, 0.15) is 17.3 Å². The number of benzene rings is 2. The Bertz CT molecular complexity index is 962. The minimum Gasteiger partial charge on any atom is -0.455 e. The number of hydrogen-bond acceptors (Lipinski definition) is 5. The molecule has 1 atom stereocenters. The highest BCUT2D eigenvalue weighted by atomic mass is 35.5. The van der Waals surface area contributed by atoms with Crippen molar-refractivity contribution in [2.45, 2.75) is 13.0 Å². The second kappa shape index (κ2) is 9.01. The molecule has 0 saturated heterocycles. The van der Waals surface area contributed by atoms with E-state index < -0.39 is 18.0 Å². The highest BCUT2D eigenvalue weighted by molar-refractivity contribution is 6.30. The zero-order valence-electron chi connectivity index (χ0n) is 15.0. The van der Waals surface area contributed by atoms with Gasteiger partial charge in [-0.15, -0.1) is 0 Å². The third-order valence-electron chi connectivity index (χ3n) is 3.73. The Balaban J connectivity index is 1.67. The van der Waals surface area contributed by atoms with Crippen LogP contribution in [0.4, 0.5) is 5.69 Å². The first-order chi connectivity index (χ1) is 13.5. The standard InChI is InChI=1S/C21H17ClN2O4/c1-14(20(25)24-16-10-8-15(22)9-11-16)27-21(26)18-6-2-3-7-19(18)28-17-5-4-12-23-13-17/h2-14H,1H3,(H,24,25). The van der Waals surface area contributed by atoms with Crippen molar-refractivity contribution in [2.75, 3.05) is 5.32 Å². The molecular formula is C21H17ClN2O4. The van der Waals surface area contributed by atoms with Gasteiger partial charge in [0.25, 0.3) is 5.91 Å². The first kappa shape index (κ1) is 19.4. The number of carbonyl (C=O) groups excluding carboxylic acids is 2. The number of anilines is 1. The molecule has 6 nitrogen and oxygen atoms in total. The van der Waals surface area contributed by atoms with Gasteiger partial charge in [-0.05, 0) is 55.5 Å². The molecule has 0 saturated carbocycles. The monoisotopic (exact) mass is 396 g/mol. The number of ether oxygens (including phenoxy) is 2. The van der Waals surface area contributed by atoms with Crippen molar-refractivity contribution < 1.29 is 19.1 Å². The molecule has 2 aromatic carbocycles. The van der Waals surface area contributed by atoms with E-state index in [-0.39, 0.29) is 5.56 Å². The van der Waals surface area contributed by atoms with Gasteiger partial charge in [-0.1, -0.05) is 23.7 Å². The minimum absolute atomic E-state index is 0.206. The van der Waals surface area contributed by atoms with Crippen molar-refractivity contribution in [1.29, 1.82) is 0 Å². The summed E-state index contributed by atoms with van der Waals surface area (Å²) in [6, 6.07) is 16.7. The molecule has 142 valence electrons. The molecule has 0 radical (unpaired) electrons. The average molecular weight is 397 g/mol. The van der Waals surface area contributed by atoms with Gasteiger partial charge in [0.15, 0.2) is 6.10 Å². The van der Waals surface area contributed by atoms with Crippen molar-refractivity contribution in [3.63, 3.8) is 0 Å². The summed E-state index contributed by atoms with van der Waals surface area (Å²) in [6.07, 6.45) is 2.15. The first-order valence-electron chi connectivity index (χ1n) is 8.47. The van der Waals surface area contributed by atoms with E-state index in [0.717, 1.165) is 0 Å². The number of nitrogens with zero attached hydrogens (tertiary/aromatic N) is 1. The maximum absolute atomic E-state index is 12.6. The summed E-state index contributed by atoms with van der Waals surface area (Å²) >= 11 is 5.82. The van der Waals surface area contributed by atoms with Crippen molar-refractivity contribution >= 4 is 29.2 Å². The SMILES string of the molecule is CC(OC(=O)c1ccccc1Oc1cccnc1)C(=O)Nc1ccc(Cl)cc1. The van der Waals surface area contributed by atoms with Gasteiger partial charge in [0.2, 0.25) is 0 Å². The predicted molar refractivity (Wildman–Crippen MR) is 106 cm³/mol. The maximum atomic E-state index is 12.6. The maximum Gasteiger partial charge on any atom is 0.342 e. The summed E-state index contributed by atoms with van der Waals surface area (Å²) in [5, 5.41) is 3.22. The van der Waals surface area contributed by atoms with Crippen LogP contribution in [0.2, 0.25) is 5.02 Å². The summed E-state index contributed by atoms with van der Waals surface area (Å²) in [4.78, 5) is 28.8. The van der Waals surface area contributed by atoms with E-state index in [9.17, 15) is 9.59 Å². The van der Waals surface area contributed by atoms with E-state index in [1.54, 1.807) is 66.9 Å². The predicted octanol–water partition coefficient (Wildman–Crippen LogP) is 4.71. The number of rotatable bonds is 6. The summed E-state index contributed by atoms with van der Waals surface area (Å²) in [5.74, 6) is -0.332. The molecule has 1 N–H and O–H groups in total. The largest absolute Gasteiger partial charge is 0.455 e. The number of esters is 1. The minimum atomic E-state index is -1.00. The summed E-state index contributed by atoms with van der Waals surface area (Å²) in [6.45, 7) is 1.49. The number of halogens is 1. The Hall–Kier alpha value is -3.38. The smallest absolute Gasteiger partial charge is 0.342 e. The van der Waals surface area contributed by atoms with Crippen molar-refractivity contribution in [3.8, 4) is 11.5 Å². The van der Waals surface area contributed by atoms with Crippen LogP contribution in [0.3, 0.4) is 0 Å². The Morgan fingerprint density at radius 3 is 2.50 bits per heavy atom. The van der Waals surface area contributed by atoms with Gasteiger partial charge in [-0.25, -0.2) is 4.79 Å². The van der Waals surface area contributed by atoms with Crippen LogP contribution in [0.5, 0.6) is 11.5 Å². The fourth-order valence-electron chi connectivity index (χ4n) is 2.31. The molecule has 1 heterocycles. The molecule has 0 bridgehead atoms. The van der Waals surface area contributed by atoms with Crippen molar-refractivity contribution in [1.82, 2.24) is 4.98 Å². The first-order valence-corrected chi connectivity index (χ1v) is 8.85. The molecule has 1 unspecified atom stereocenters. The highest BCUT2D eigenvalue weighted by Gasteiger charge is 2.21. The lowest BCUT2D eigenvalue weighted by Crippen LogP contribution is -2.30. The molecule has 3 aromatic rings. The lowest BCUT2D eigenvalue weighted by molar-refractivity contribution is -0.123. The number of nitrogens with one attached hydrogen (secondary N) is 1. The molecule has 0 spiro atoms. The third-order valence-corrected chi connectivity index (χ3v) is 3.99. The average Bonchev–Trinajstić information content (AvgIpc) is 2.70. The van der Waals surface area contributed by atoms with Gasteiger partial charge in [0.05, 0.1) is 6.20 Å². The zero-order valence-corrected chi connectivity index (χ0v) is 15.7. The topological polar surface area (TPSA) is 77.5 Å². The van der Waals surface area contributed by atoms with Crippen molar-refractivity contribution in [2.24, 2.45) is 0 Å². The van der Waals surface area contributed by atoms with Crippen LogP contribution in [-0.2, 0) is 9.53 Å². The van der Waals surface area contributed by atoms with E-state index in [1.807, 2.05) is 0 Å². The van der Waals surface area contributed by atoms with Crippen LogP contribution in [0.25, 0.3) is 0 Å². The number of pyridine rings is 1. The highest BCUT2D eigenvalue weighted by Crippen LogP contribution is 2.25. The van der Waals surface area contributed by atoms with E-state index in [4.69, 9.17) is 21.1 Å². The number of para-hydroxylation sites is 1. The molecule has 0 aliphatic rings. The Morgan fingerprint density at radius 2 is 1.79 bits per heavy atom. The van der Waals surface area contributed by atoms with E-state index in [1.165, 1.54) is 13.1 Å². The molecule has 1 aromatic heterocycles. The second-order valence-corrected chi connectivity index (χ2v) is 6.27. The Labute approximate surface area is 167 Å². The quantitative estimate of drug-likeness (QED) is 0.610. The third kappa shape index (κ3) is 5.08. The molecule has 0 aliphatic heterocycles. The van der Waals surface area contributed by atoms with Crippen LogP contribution in [-0.4, -0.2) is 23.0 Å². The van der Waals surface area contributed by atoms with Gasteiger partial charge in [-0.2, -0.15) is 0 Å². The number of hydrogen-bond donors (Lipinski definition) is 1. The summed E-state index contributed by atoms with van der Waals surface area (Å²) in [7, 11) is 0. The number of carbonyl (C=O) groups is 2. The summed E-state index contributed by atoms with van der Waals surface area (Å²) in [5.41, 5.74) is 0.759. The van der Waals surface area contributed by atoms with E-state index in [0.29, 0.717) is 22.2 Å². The van der Waals surface area contributed by atoms with Gasteiger partial charge in [-0.3, -0.25) is 9.78 Å². The number of aromatic nitrogens is 1. The molecule has 1 amide bonds. The fraction of sp³-hybridized carbons (Fsp3) is 0.0952. The Kier molecular flexibility index (Phi) is 6.24. The van der Waals surface area contributed by atoms with Crippen LogP contribution in [0, 0.1) is 0 Å². The molecule has 7 heteroatoms. The van der Waals surface area contributed by atoms with Crippen LogP contribution < -0.4 is 10.1 Å². The number of amides is 1. The zero-order chi connectivity index (χ0) is 19.9.